The maximum absolute atomic E-state index is 10.7. The van der Waals surface area contributed by atoms with Crippen LogP contribution >= 0.6 is 0 Å². The monoisotopic (exact) mass is 636 g/mol. The second-order valence-corrected chi connectivity index (χ2v) is 13.2. The van der Waals surface area contributed by atoms with E-state index in [0.717, 1.165) is 50.4 Å². The first-order chi connectivity index (χ1) is 20.3. The van der Waals surface area contributed by atoms with Gasteiger partial charge in [0.05, 0.1) is 13.2 Å². The molecule has 0 saturated carbocycles. The van der Waals surface area contributed by atoms with Gasteiger partial charge in [0.2, 0.25) is 0 Å². The van der Waals surface area contributed by atoms with Crippen molar-refractivity contribution in [1.29, 1.82) is 0 Å². The Labute approximate surface area is 256 Å². The average molecular weight is 637 g/mol. The molecule has 0 fully saturated rings. The van der Waals surface area contributed by atoms with Crippen molar-refractivity contribution in [3.8, 4) is 11.5 Å². The van der Waals surface area contributed by atoms with Gasteiger partial charge in [-0.3, -0.25) is 0 Å². The van der Waals surface area contributed by atoms with Crippen LogP contribution in [-0.2, 0) is 21.0 Å². The highest BCUT2D eigenvalue weighted by Crippen LogP contribution is 2.23. The van der Waals surface area contributed by atoms with E-state index in [2.05, 4.69) is 105 Å². The lowest BCUT2D eigenvalue weighted by Crippen LogP contribution is -2.21. The lowest BCUT2D eigenvalue weighted by atomic mass is 10.1. The van der Waals surface area contributed by atoms with Gasteiger partial charge in [-0.1, -0.05) is 75.2 Å². The standard InChI is InChI=1S/C32H39O2S.CHF3O3S/c1-5-7-23-33-30-19-13-26(14-20-30)9-10-28-12-18-29(32(25-28)35(3)4)17-11-27-15-21-31(22-16-27)34-24-8-6-2;2-1(3,4)8(5,6)7/h9-22,25H,5-8,23-24H2,1-4H3;(H,5,6,7)/q+1;/p-1/b10-9+,17-11+;. The minimum Gasteiger partial charge on any atom is -0.741 e. The molecule has 0 unspecified atom stereocenters. The summed E-state index contributed by atoms with van der Waals surface area (Å²) in [6, 6.07) is 23.4. The van der Waals surface area contributed by atoms with Crippen LogP contribution in [-0.4, -0.2) is 44.2 Å². The largest absolute Gasteiger partial charge is 0.741 e. The van der Waals surface area contributed by atoms with Crippen molar-refractivity contribution in [2.24, 2.45) is 0 Å². The highest BCUT2D eigenvalue weighted by Gasteiger charge is 2.36. The zero-order chi connectivity index (χ0) is 31.9. The second-order valence-electron chi connectivity index (χ2n) is 9.72. The molecule has 0 aromatic heterocycles. The summed E-state index contributed by atoms with van der Waals surface area (Å²) < 4.78 is 70.4. The molecule has 3 aromatic carbocycles. The lowest BCUT2D eigenvalue weighted by Gasteiger charge is -2.08. The molecule has 0 heterocycles. The maximum atomic E-state index is 10.7. The Kier molecular flexibility index (Phi) is 14.9. The quantitative estimate of drug-likeness (QED) is 0.0617. The Bertz CT molecular complexity index is 1410. The van der Waals surface area contributed by atoms with Gasteiger partial charge in [0, 0.05) is 22.5 Å². The molecule has 5 nitrogen and oxygen atoms in total. The zero-order valence-corrected chi connectivity index (χ0v) is 26.5. The van der Waals surface area contributed by atoms with E-state index in [4.69, 9.17) is 22.4 Å². The van der Waals surface area contributed by atoms with Crippen molar-refractivity contribution in [1.82, 2.24) is 0 Å². The Morgan fingerprint density at radius 2 is 1.12 bits per heavy atom. The average Bonchev–Trinajstić information content (AvgIpc) is 2.96. The van der Waals surface area contributed by atoms with Gasteiger partial charge >= 0.3 is 5.51 Å². The molecule has 3 aromatic rings. The van der Waals surface area contributed by atoms with Crippen LogP contribution in [0, 0.1) is 0 Å². The number of unbranched alkanes of at least 4 members (excludes halogenated alkanes) is 2. The summed E-state index contributed by atoms with van der Waals surface area (Å²) in [6.45, 7) is 5.92. The number of alkyl halides is 3. The minimum atomic E-state index is -6.09. The first kappa shape index (κ1) is 36.0. The third kappa shape index (κ3) is 13.3. The van der Waals surface area contributed by atoms with Gasteiger partial charge < -0.3 is 14.0 Å². The minimum absolute atomic E-state index is 0.156. The molecule has 43 heavy (non-hydrogen) atoms. The fourth-order valence-electron chi connectivity index (χ4n) is 3.54. The van der Waals surface area contributed by atoms with E-state index < -0.39 is 15.6 Å². The topological polar surface area (TPSA) is 75.7 Å². The molecular formula is C33H39F3O5S2. The summed E-state index contributed by atoms with van der Waals surface area (Å²) in [7, 11) is -5.93. The Balaban J connectivity index is 0.000000708. The SMILES string of the molecule is CCCCOc1ccc(/C=C/c2ccc(/C=C/c3ccc(OCCCC)cc3)c([S+](C)C)c2)cc1.O=S(=O)([O-])C(F)(F)F. The third-order valence-electron chi connectivity index (χ3n) is 5.98. The van der Waals surface area contributed by atoms with E-state index in [1.54, 1.807) is 0 Å². The van der Waals surface area contributed by atoms with Crippen molar-refractivity contribution in [3.05, 3.63) is 89.0 Å². The highest BCUT2D eigenvalue weighted by molar-refractivity contribution is 7.95. The molecule has 0 saturated heterocycles. The first-order valence-electron chi connectivity index (χ1n) is 13.9. The van der Waals surface area contributed by atoms with Crippen molar-refractivity contribution in [2.45, 2.75) is 49.9 Å². The van der Waals surface area contributed by atoms with E-state index >= 15 is 0 Å². The van der Waals surface area contributed by atoms with Crippen molar-refractivity contribution in [3.63, 3.8) is 0 Å². The molecule has 0 atom stereocenters. The Morgan fingerprint density at radius 1 is 0.721 bits per heavy atom. The molecule has 0 spiro atoms. The van der Waals surface area contributed by atoms with Crippen molar-refractivity contribution >= 4 is 45.3 Å². The van der Waals surface area contributed by atoms with Gasteiger partial charge in [-0.25, -0.2) is 8.42 Å². The van der Waals surface area contributed by atoms with Crippen LogP contribution in [0.2, 0.25) is 0 Å². The van der Waals surface area contributed by atoms with Gasteiger partial charge in [0.1, 0.15) is 24.0 Å². The molecule has 0 radical (unpaired) electrons. The molecular weight excluding hydrogens is 597 g/mol. The van der Waals surface area contributed by atoms with Crippen LogP contribution in [0.1, 0.15) is 61.8 Å². The Morgan fingerprint density at radius 3 is 1.51 bits per heavy atom. The number of hydrogen-bond acceptors (Lipinski definition) is 5. The smallest absolute Gasteiger partial charge is 0.485 e. The molecule has 0 amide bonds. The molecule has 0 aliphatic carbocycles. The molecule has 0 N–H and O–H groups in total. The van der Waals surface area contributed by atoms with E-state index in [0.29, 0.717) is 0 Å². The molecule has 0 bridgehead atoms. The van der Waals surface area contributed by atoms with E-state index in [1.807, 2.05) is 12.1 Å². The number of benzene rings is 3. The van der Waals surface area contributed by atoms with Gasteiger partial charge in [0.25, 0.3) is 0 Å². The molecule has 0 aliphatic rings. The molecule has 10 heteroatoms. The van der Waals surface area contributed by atoms with Crippen LogP contribution in [0.25, 0.3) is 24.3 Å². The number of rotatable bonds is 13. The summed E-state index contributed by atoms with van der Waals surface area (Å²) in [5.41, 5.74) is -0.806. The van der Waals surface area contributed by atoms with Crippen LogP contribution in [0.5, 0.6) is 11.5 Å². The summed E-state index contributed by atoms with van der Waals surface area (Å²) in [5.74, 6) is 1.88. The second kappa shape index (κ2) is 17.8. The van der Waals surface area contributed by atoms with Gasteiger partial charge in [-0.15, -0.1) is 0 Å². The summed E-state index contributed by atoms with van der Waals surface area (Å²) >= 11 is 0. The normalized spacial score (nSPS) is 12.0. The van der Waals surface area contributed by atoms with Crippen LogP contribution in [0.3, 0.4) is 0 Å². The molecule has 234 valence electrons. The van der Waals surface area contributed by atoms with E-state index in [1.165, 1.54) is 27.1 Å². The van der Waals surface area contributed by atoms with Crippen molar-refractivity contribution < 1.29 is 35.6 Å². The third-order valence-corrected chi connectivity index (χ3v) is 7.78. The van der Waals surface area contributed by atoms with Gasteiger partial charge in [-0.2, -0.15) is 13.2 Å². The zero-order valence-electron chi connectivity index (χ0n) is 24.9. The fourth-order valence-corrected chi connectivity index (χ4v) is 4.52. The van der Waals surface area contributed by atoms with Crippen LogP contribution in [0.4, 0.5) is 13.2 Å². The lowest BCUT2D eigenvalue weighted by molar-refractivity contribution is -0.0517. The predicted octanol–water partition coefficient (Wildman–Crippen LogP) is 8.67. The van der Waals surface area contributed by atoms with E-state index in [-0.39, 0.29) is 10.9 Å². The van der Waals surface area contributed by atoms with Crippen molar-refractivity contribution in [2.75, 3.05) is 25.7 Å². The Hall–Kier alpha value is -3.21. The number of halogens is 3. The first-order valence-corrected chi connectivity index (χ1v) is 17.3. The molecule has 3 rings (SSSR count). The summed E-state index contributed by atoms with van der Waals surface area (Å²) in [4.78, 5) is 1.38. The van der Waals surface area contributed by atoms with Gasteiger partial charge in [-0.05, 0) is 65.9 Å². The van der Waals surface area contributed by atoms with E-state index in [9.17, 15) is 13.2 Å². The maximum Gasteiger partial charge on any atom is 0.485 e. The molecule has 0 aliphatic heterocycles. The number of ether oxygens (including phenoxy) is 2. The summed E-state index contributed by atoms with van der Waals surface area (Å²) in [5, 5.41) is 0. The fraction of sp³-hybridized carbons (Fsp3) is 0.333. The summed E-state index contributed by atoms with van der Waals surface area (Å²) in [6.07, 6.45) is 17.8. The van der Waals surface area contributed by atoms with Gasteiger partial charge in [0.15, 0.2) is 15.0 Å². The predicted molar refractivity (Wildman–Crippen MR) is 171 cm³/mol. The van der Waals surface area contributed by atoms with Crippen LogP contribution in [0.15, 0.2) is 71.6 Å². The highest BCUT2D eigenvalue weighted by atomic mass is 32.2. The van der Waals surface area contributed by atoms with Crippen LogP contribution < -0.4 is 9.47 Å². The number of hydrogen-bond donors (Lipinski definition) is 0.